The summed E-state index contributed by atoms with van der Waals surface area (Å²) in [5.41, 5.74) is 4.71. The third-order valence-corrected chi connectivity index (χ3v) is 5.24. The summed E-state index contributed by atoms with van der Waals surface area (Å²) >= 11 is 0. The molecule has 0 saturated heterocycles. The number of phenols is 1. The molecule has 2 aliphatic rings. The van der Waals surface area contributed by atoms with Crippen LogP contribution < -0.4 is 9.47 Å². The Morgan fingerprint density at radius 3 is 2.67 bits per heavy atom. The lowest BCUT2D eigenvalue weighted by Gasteiger charge is -2.43. The van der Waals surface area contributed by atoms with E-state index in [0.717, 1.165) is 40.8 Å². The molecule has 5 nitrogen and oxygen atoms in total. The fourth-order valence-corrected chi connectivity index (χ4v) is 4.10. The predicted octanol–water partition coefficient (Wildman–Crippen LogP) is 2.65. The number of aliphatic hydroxyl groups is 1. The number of methoxy groups -OCH3 is 2. The van der Waals surface area contributed by atoms with Crippen molar-refractivity contribution < 1.29 is 19.7 Å². The molecule has 1 aliphatic carbocycles. The average Bonchev–Trinajstić information content (AvgIpc) is 2.59. The van der Waals surface area contributed by atoms with Crippen LogP contribution in [0, 0.1) is 0 Å². The van der Waals surface area contributed by atoms with Gasteiger partial charge < -0.3 is 19.7 Å². The Kier molecular flexibility index (Phi) is 3.44. The summed E-state index contributed by atoms with van der Waals surface area (Å²) in [7, 11) is 5.20. The number of benzene rings is 2. The number of rotatable bonds is 2. The van der Waals surface area contributed by atoms with Crippen LogP contribution in [0.2, 0.25) is 0 Å². The van der Waals surface area contributed by atoms with Gasteiger partial charge in [0.05, 0.1) is 26.4 Å². The van der Waals surface area contributed by atoms with Crippen LogP contribution in [-0.4, -0.2) is 42.9 Å². The lowest BCUT2D eigenvalue weighted by atomic mass is 9.75. The number of phenolic OH excluding ortho intramolecular Hbond substituents is 1. The van der Waals surface area contributed by atoms with Gasteiger partial charge in [0.2, 0.25) is 0 Å². The van der Waals surface area contributed by atoms with E-state index in [4.69, 9.17) is 9.47 Å². The molecule has 0 fully saturated rings. The Labute approximate surface area is 141 Å². The van der Waals surface area contributed by atoms with Crippen LogP contribution in [0.4, 0.5) is 0 Å². The molecule has 2 N–H and O–H groups in total. The summed E-state index contributed by atoms with van der Waals surface area (Å²) in [5, 5.41) is 21.5. The Balaban J connectivity index is 2.09. The van der Waals surface area contributed by atoms with Gasteiger partial charge in [0.15, 0.2) is 11.5 Å². The van der Waals surface area contributed by atoms with Gasteiger partial charge in [-0.15, -0.1) is 0 Å². The summed E-state index contributed by atoms with van der Waals surface area (Å²) in [6.45, 7) is 0.833. The van der Waals surface area contributed by atoms with E-state index in [1.165, 1.54) is 0 Å². The lowest BCUT2D eigenvalue weighted by molar-refractivity contribution is 0.0540. The molecule has 5 heteroatoms. The first-order chi connectivity index (χ1) is 11.6. The van der Waals surface area contributed by atoms with Gasteiger partial charge in [0, 0.05) is 12.1 Å². The number of hydrogen-bond acceptors (Lipinski definition) is 5. The Morgan fingerprint density at radius 2 is 1.96 bits per heavy atom. The average molecular weight is 327 g/mol. The third-order valence-electron chi connectivity index (χ3n) is 5.24. The highest BCUT2D eigenvalue weighted by molar-refractivity contribution is 5.84. The maximum Gasteiger partial charge on any atom is 0.168 e. The number of ether oxygens (including phenoxy) is 2. The van der Waals surface area contributed by atoms with Crippen molar-refractivity contribution in [1.82, 2.24) is 4.90 Å². The smallest absolute Gasteiger partial charge is 0.168 e. The second kappa shape index (κ2) is 5.40. The number of hydrogen-bond donors (Lipinski definition) is 2. The highest BCUT2D eigenvalue weighted by Gasteiger charge is 2.41. The molecule has 4 rings (SSSR count). The van der Waals surface area contributed by atoms with Crippen LogP contribution in [0.5, 0.6) is 17.2 Å². The summed E-state index contributed by atoms with van der Waals surface area (Å²) < 4.78 is 10.8. The highest BCUT2D eigenvalue weighted by atomic mass is 16.5. The zero-order valence-electron chi connectivity index (χ0n) is 14.0. The lowest BCUT2D eigenvalue weighted by Crippen LogP contribution is -2.38. The van der Waals surface area contributed by atoms with E-state index in [-0.39, 0.29) is 11.8 Å². The zero-order valence-corrected chi connectivity index (χ0v) is 14.0. The van der Waals surface area contributed by atoms with Crippen molar-refractivity contribution in [1.29, 1.82) is 0 Å². The van der Waals surface area contributed by atoms with Crippen LogP contribution in [0.15, 0.2) is 24.3 Å². The fourth-order valence-electron chi connectivity index (χ4n) is 4.10. The number of fused-ring (bicyclic) bond motifs is 2. The minimum Gasteiger partial charge on any atom is -0.504 e. The Hall–Kier alpha value is -2.24. The molecule has 0 bridgehead atoms. The molecule has 0 spiro atoms. The van der Waals surface area contributed by atoms with Crippen molar-refractivity contribution in [3.63, 3.8) is 0 Å². The third kappa shape index (κ3) is 1.95. The van der Waals surface area contributed by atoms with Crippen molar-refractivity contribution >= 4 is 0 Å². The van der Waals surface area contributed by atoms with Gasteiger partial charge in [-0.1, -0.05) is 6.07 Å². The summed E-state index contributed by atoms with van der Waals surface area (Å²) in [6.07, 6.45) is 0.186. The van der Waals surface area contributed by atoms with E-state index in [9.17, 15) is 10.2 Å². The van der Waals surface area contributed by atoms with Gasteiger partial charge in [-0.25, -0.2) is 0 Å². The molecule has 0 aromatic heterocycles. The molecule has 2 aromatic carbocycles. The van der Waals surface area contributed by atoms with Gasteiger partial charge in [0.1, 0.15) is 5.75 Å². The van der Waals surface area contributed by atoms with Crippen molar-refractivity contribution in [2.45, 2.75) is 18.6 Å². The van der Waals surface area contributed by atoms with Gasteiger partial charge >= 0.3 is 0 Å². The second-order valence-corrected chi connectivity index (χ2v) is 6.45. The first-order valence-electron chi connectivity index (χ1n) is 8.06. The topological polar surface area (TPSA) is 62.2 Å². The normalized spacial score (nSPS) is 21.8. The highest BCUT2D eigenvalue weighted by Crippen LogP contribution is 2.55. The van der Waals surface area contributed by atoms with E-state index in [0.29, 0.717) is 11.5 Å². The van der Waals surface area contributed by atoms with E-state index >= 15 is 0 Å². The molecule has 1 aliphatic heterocycles. The molecule has 2 atom stereocenters. The van der Waals surface area contributed by atoms with Gasteiger partial charge in [-0.3, -0.25) is 4.90 Å². The fraction of sp³-hybridized carbons (Fsp3) is 0.368. The van der Waals surface area contributed by atoms with Crippen molar-refractivity contribution in [3.8, 4) is 28.4 Å². The molecule has 0 saturated carbocycles. The summed E-state index contributed by atoms with van der Waals surface area (Å²) in [5.74, 6) is 1.31. The molecular weight excluding hydrogens is 306 g/mol. The minimum absolute atomic E-state index is 0.146. The largest absolute Gasteiger partial charge is 0.504 e. The summed E-state index contributed by atoms with van der Waals surface area (Å²) in [4.78, 5) is 2.16. The molecule has 0 amide bonds. The van der Waals surface area contributed by atoms with Crippen LogP contribution in [0.25, 0.3) is 11.1 Å². The SMILES string of the molecule is COc1ccc2c(c1)[C@@H](O)[C@@H]1c3c(cc(O)c(OC)c3-2)CCN1C. The van der Waals surface area contributed by atoms with Crippen molar-refractivity contribution in [2.75, 3.05) is 27.8 Å². The first kappa shape index (κ1) is 15.3. The maximum absolute atomic E-state index is 11.0. The number of aliphatic hydroxyl groups excluding tert-OH is 1. The standard InChI is InChI=1S/C19H21NO4/c1-20-7-6-10-8-14(21)19(24-3)16-12-5-4-11(23-2)9-13(12)18(22)17(20)15(10)16/h4-5,8-9,17-18,21-22H,6-7H2,1-3H3/t17-,18+/m0/s1. The Morgan fingerprint density at radius 1 is 1.17 bits per heavy atom. The molecule has 2 aromatic rings. The summed E-state index contributed by atoms with van der Waals surface area (Å²) in [6, 6.07) is 7.29. The molecule has 24 heavy (non-hydrogen) atoms. The van der Waals surface area contributed by atoms with Crippen molar-refractivity contribution in [2.24, 2.45) is 0 Å². The predicted molar refractivity (Wildman–Crippen MR) is 90.7 cm³/mol. The van der Waals surface area contributed by atoms with E-state index in [1.54, 1.807) is 20.3 Å². The van der Waals surface area contributed by atoms with Crippen LogP contribution >= 0.6 is 0 Å². The van der Waals surface area contributed by atoms with Gasteiger partial charge in [-0.2, -0.15) is 0 Å². The molecule has 0 unspecified atom stereocenters. The molecule has 0 radical (unpaired) electrons. The number of likely N-dealkylation sites (N-methyl/N-ethyl adjacent to an activating group) is 1. The second-order valence-electron chi connectivity index (χ2n) is 6.45. The van der Waals surface area contributed by atoms with E-state index in [1.807, 2.05) is 25.2 Å². The van der Waals surface area contributed by atoms with Crippen molar-refractivity contribution in [3.05, 3.63) is 41.0 Å². The van der Waals surface area contributed by atoms with E-state index in [2.05, 4.69) is 4.90 Å². The number of aromatic hydroxyl groups is 1. The van der Waals surface area contributed by atoms with Crippen LogP contribution in [0.1, 0.15) is 28.8 Å². The van der Waals surface area contributed by atoms with Crippen LogP contribution in [-0.2, 0) is 6.42 Å². The quantitative estimate of drug-likeness (QED) is 0.888. The first-order valence-corrected chi connectivity index (χ1v) is 8.06. The van der Waals surface area contributed by atoms with Gasteiger partial charge in [0.25, 0.3) is 0 Å². The Bertz CT molecular complexity index is 817. The zero-order chi connectivity index (χ0) is 17.0. The van der Waals surface area contributed by atoms with E-state index < -0.39 is 6.10 Å². The van der Waals surface area contributed by atoms with Gasteiger partial charge in [-0.05, 0) is 53.9 Å². The monoisotopic (exact) mass is 327 g/mol. The molecular formula is C19H21NO4. The number of nitrogens with zero attached hydrogens (tertiary/aromatic N) is 1. The molecule has 1 heterocycles. The minimum atomic E-state index is -0.652. The molecule has 126 valence electrons. The van der Waals surface area contributed by atoms with Crippen LogP contribution in [0.3, 0.4) is 0 Å². The maximum atomic E-state index is 11.0.